The number of benzene rings is 2. The standard InChI is InChI=1S/C27H25FN6/c1-19(30-17-21-4-8-24(28)9-5-21)33-10-12-34(13-11-33)27-25-14-23(15-26(25)31-18-32-27)22-6-2-20(16-29)3-7-22/h2-9,14,18,30H,1,10-13,15,17H2. The van der Waals surface area contributed by atoms with Gasteiger partial charge in [0.15, 0.2) is 0 Å². The summed E-state index contributed by atoms with van der Waals surface area (Å²) < 4.78 is 13.1. The van der Waals surface area contributed by atoms with E-state index in [1.165, 1.54) is 17.7 Å². The van der Waals surface area contributed by atoms with Crippen molar-refractivity contribution in [2.45, 2.75) is 13.0 Å². The summed E-state index contributed by atoms with van der Waals surface area (Å²) in [5.41, 5.74) is 6.10. The molecule has 170 valence electrons. The van der Waals surface area contributed by atoms with E-state index in [0.29, 0.717) is 12.1 Å². The first-order valence-corrected chi connectivity index (χ1v) is 11.3. The Morgan fingerprint density at radius 1 is 1.03 bits per heavy atom. The van der Waals surface area contributed by atoms with Crippen LogP contribution < -0.4 is 10.2 Å². The summed E-state index contributed by atoms with van der Waals surface area (Å²) in [5.74, 6) is 1.62. The van der Waals surface area contributed by atoms with E-state index in [4.69, 9.17) is 5.26 Å². The SMILES string of the molecule is C=C(NCc1ccc(F)cc1)N1CCN(c2ncnc3c2C=C(c2ccc(C#N)cc2)C3)CC1. The van der Waals surface area contributed by atoms with Gasteiger partial charge in [0.05, 0.1) is 23.1 Å². The van der Waals surface area contributed by atoms with E-state index in [0.717, 1.165) is 66.6 Å². The van der Waals surface area contributed by atoms with Crippen molar-refractivity contribution in [2.24, 2.45) is 0 Å². The van der Waals surface area contributed by atoms with Gasteiger partial charge in [-0.15, -0.1) is 0 Å². The maximum Gasteiger partial charge on any atom is 0.139 e. The monoisotopic (exact) mass is 452 g/mol. The molecule has 0 amide bonds. The lowest BCUT2D eigenvalue weighted by molar-refractivity contribution is 0.300. The third-order valence-corrected chi connectivity index (χ3v) is 6.38. The van der Waals surface area contributed by atoms with Crippen molar-refractivity contribution < 1.29 is 4.39 Å². The van der Waals surface area contributed by atoms with Gasteiger partial charge in [-0.3, -0.25) is 0 Å². The van der Waals surface area contributed by atoms with Crippen molar-refractivity contribution >= 4 is 17.5 Å². The molecule has 1 saturated heterocycles. The van der Waals surface area contributed by atoms with E-state index < -0.39 is 0 Å². The maximum atomic E-state index is 13.1. The minimum atomic E-state index is -0.228. The minimum Gasteiger partial charge on any atom is -0.368 e. The fraction of sp³-hybridized carbons (Fsp3) is 0.222. The van der Waals surface area contributed by atoms with E-state index in [9.17, 15) is 4.39 Å². The van der Waals surface area contributed by atoms with Crippen LogP contribution >= 0.6 is 0 Å². The zero-order chi connectivity index (χ0) is 23.5. The number of anilines is 1. The van der Waals surface area contributed by atoms with Crippen LogP contribution in [0.4, 0.5) is 10.2 Å². The van der Waals surface area contributed by atoms with Gasteiger partial charge in [0, 0.05) is 44.7 Å². The lowest BCUT2D eigenvalue weighted by Crippen LogP contribution is -2.48. The second-order valence-corrected chi connectivity index (χ2v) is 8.49. The molecular weight excluding hydrogens is 427 g/mol. The number of nitrogens with zero attached hydrogens (tertiary/aromatic N) is 5. The van der Waals surface area contributed by atoms with E-state index in [2.05, 4.69) is 43.8 Å². The van der Waals surface area contributed by atoms with Gasteiger partial charge in [-0.05, 0) is 47.0 Å². The maximum absolute atomic E-state index is 13.1. The number of hydrogen-bond acceptors (Lipinski definition) is 6. The van der Waals surface area contributed by atoms with Crippen molar-refractivity contribution in [2.75, 3.05) is 31.1 Å². The van der Waals surface area contributed by atoms with Crippen LogP contribution in [0.1, 0.15) is 27.9 Å². The van der Waals surface area contributed by atoms with Crippen molar-refractivity contribution in [1.29, 1.82) is 5.26 Å². The molecule has 1 N–H and O–H groups in total. The molecule has 5 rings (SSSR count). The highest BCUT2D eigenvalue weighted by molar-refractivity contribution is 5.91. The topological polar surface area (TPSA) is 68.1 Å². The largest absolute Gasteiger partial charge is 0.368 e. The Balaban J connectivity index is 1.22. The highest BCUT2D eigenvalue weighted by atomic mass is 19.1. The van der Waals surface area contributed by atoms with Crippen molar-refractivity contribution in [3.8, 4) is 6.07 Å². The fourth-order valence-corrected chi connectivity index (χ4v) is 4.42. The summed E-state index contributed by atoms with van der Waals surface area (Å²) >= 11 is 0. The first-order valence-electron chi connectivity index (χ1n) is 11.3. The van der Waals surface area contributed by atoms with Gasteiger partial charge in [0.25, 0.3) is 0 Å². The predicted octanol–water partition coefficient (Wildman–Crippen LogP) is 3.97. The van der Waals surface area contributed by atoms with Crippen LogP contribution in [-0.2, 0) is 13.0 Å². The molecule has 6 nitrogen and oxygen atoms in total. The quantitative estimate of drug-likeness (QED) is 0.611. The van der Waals surface area contributed by atoms with E-state index in [1.54, 1.807) is 18.5 Å². The Labute approximate surface area is 198 Å². The predicted molar refractivity (Wildman–Crippen MR) is 131 cm³/mol. The zero-order valence-corrected chi connectivity index (χ0v) is 18.8. The fourth-order valence-electron chi connectivity index (χ4n) is 4.42. The third-order valence-electron chi connectivity index (χ3n) is 6.38. The molecule has 0 bridgehead atoms. The van der Waals surface area contributed by atoms with Crippen molar-refractivity contribution in [3.63, 3.8) is 0 Å². The number of nitrogens with one attached hydrogen (secondary N) is 1. The van der Waals surface area contributed by atoms with Crippen LogP contribution in [0.2, 0.25) is 0 Å². The highest BCUT2D eigenvalue weighted by Crippen LogP contribution is 2.35. The first-order chi connectivity index (χ1) is 16.6. The Morgan fingerprint density at radius 3 is 2.47 bits per heavy atom. The number of hydrogen-bond donors (Lipinski definition) is 1. The van der Waals surface area contributed by atoms with Crippen LogP contribution in [0.5, 0.6) is 0 Å². The molecule has 0 atom stereocenters. The molecule has 1 aliphatic carbocycles. The summed E-state index contributed by atoms with van der Waals surface area (Å²) in [6.07, 6.45) is 4.60. The Bertz CT molecular complexity index is 1270. The highest BCUT2D eigenvalue weighted by Gasteiger charge is 2.25. The molecule has 0 radical (unpaired) electrons. The van der Waals surface area contributed by atoms with Gasteiger partial charge in [-0.25, -0.2) is 14.4 Å². The van der Waals surface area contributed by atoms with Crippen LogP contribution in [0, 0.1) is 17.1 Å². The molecule has 2 aromatic carbocycles. The summed E-state index contributed by atoms with van der Waals surface area (Å²) in [5, 5.41) is 12.4. The second-order valence-electron chi connectivity index (χ2n) is 8.49. The zero-order valence-electron chi connectivity index (χ0n) is 18.8. The molecular formula is C27H25FN6. The number of nitriles is 1. The van der Waals surface area contributed by atoms with Crippen LogP contribution in [-0.4, -0.2) is 41.0 Å². The Kier molecular flexibility index (Phi) is 5.96. The van der Waals surface area contributed by atoms with Crippen molar-refractivity contribution in [1.82, 2.24) is 20.2 Å². The molecule has 2 aliphatic rings. The molecule has 0 saturated carbocycles. The molecule has 34 heavy (non-hydrogen) atoms. The number of allylic oxidation sites excluding steroid dienone is 1. The molecule has 1 fully saturated rings. The summed E-state index contributed by atoms with van der Waals surface area (Å²) in [6, 6.07) is 16.4. The van der Waals surface area contributed by atoms with Crippen LogP contribution in [0.15, 0.2) is 67.3 Å². The molecule has 7 heteroatoms. The number of piperazine rings is 1. The lowest BCUT2D eigenvalue weighted by atomic mass is 10.0. The summed E-state index contributed by atoms with van der Waals surface area (Å²) in [4.78, 5) is 13.7. The number of aromatic nitrogens is 2. The Hall–Kier alpha value is -4.18. The molecule has 2 heterocycles. The average molecular weight is 453 g/mol. The van der Waals surface area contributed by atoms with Gasteiger partial charge in [0.1, 0.15) is 18.0 Å². The van der Waals surface area contributed by atoms with Gasteiger partial charge in [-0.2, -0.15) is 5.26 Å². The van der Waals surface area contributed by atoms with Gasteiger partial charge < -0.3 is 15.1 Å². The summed E-state index contributed by atoms with van der Waals surface area (Å²) in [6.45, 7) is 8.14. The number of rotatable bonds is 6. The van der Waals surface area contributed by atoms with Gasteiger partial charge in [-0.1, -0.05) is 30.8 Å². The number of fused-ring (bicyclic) bond motifs is 1. The van der Waals surface area contributed by atoms with Crippen LogP contribution in [0.3, 0.4) is 0 Å². The average Bonchev–Trinajstić information content (AvgIpc) is 3.33. The van der Waals surface area contributed by atoms with E-state index in [-0.39, 0.29) is 5.82 Å². The Morgan fingerprint density at radius 2 is 1.76 bits per heavy atom. The second kappa shape index (κ2) is 9.36. The molecule has 3 aromatic rings. The van der Waals surface area contributed by atoms with Crippen molar-refractivity contribution in [3.05, 3.63) is 101 Å². The summed E-state index contributed by atoms with van der Waals surface area (Å²) in [7, 11) is 0. The lowest BCUT2D eigenvalue weighted by Gasteiger charge is -2.38. The van der Waals surface area contributed by atoms with Crippen LogP contribution in [0.25, 0.3) is 11.6 Å². The molecule has 0 unspecified atom stereocenters. The molecule has 1 aliphatic heterocycles. The molecule has 0 spiro atoms. The smallest absolute Gasteiger partial charge is 0.139 e. The van der Waals surface area contributed by atoms with Gasteiger partial charge >= 0.3 is 0 Å². The van der Waals surface area contributed by atoms with E-state index in [1.807, 2.05) is 24.3 Å². The first kappa shape index (κ1) is 21.7. The van der Waals surface area contributed by atoms with E-state index >= 15 is 0 Å². The third kappa shape index (κ3) is 4.48. The van der Waals surface area contributed by atoms with Gasteiger partial charge in [0.2, 0.25) is 0 Å². The minimum absolute atomic E-state index is 0.228. The molecule has 1 aromatic heterocycles. The normalized spacial score (nSPS) is 14.9. The number of halogens is 1.